The van der Waals surface area contributed by atoms with E-state index >= 15 is 0 Å². The normalized spacial score (nSPS) is 14.2. The summed E-state index contributed by atoms with van der Waals surface area (Å²) in [6.07, 6.45) is 1.97. The van der Waals surface area contributed by atoms with Crippen molar-refractivity contribution in [1.82, 2.24) is 9.71 Å². The Balaban J connectivity index is 1.74. The Bertz CT molecular complexity index is 893. The van der Waals surface area contributed by atoms with Crippen molar-refractivity contribution in [2.75, 3.05) is 0 Å². The minimum Gasteiger partial charge on any atom is -0.267 e. The summed E-state index contributed by atoms with van der Waals surface area (Å²) in [6.45, 7) is 0. The molecular weight excluding hydrogens is 334 g/mol. The van der Waals surface area contributed by atoms with Gasteiger partial charge in [-0.2, -0.15) is 5.26 Å². The van der Waals surface area contributed by atoms with E-state index in [1.807, 2.05) is 6.07 Å². The van der Waals surface area contributed by atoms with Crippen LogP contribution in [0.15, 0.2) is 29.8 Å². The molecule has 0 radical (unpaired) electrons. The zero-order valence-electron chi connectivity index (χ0n) is 12.0. The van der Waals surface area contributed by atoms with Crippen molar-refractivity contribution in [2.45, 2.75) is 24.5 Å². The van der Waals surface area contributed by atoms with Crippen molar-refractivity contribution in [3.8, 4) is 6.07 Å². The molecule has 1 aromatic carbocycles. The van der Waals surface area contributed by atoms with E-state index in [9.17, 15) is 13.2 Å². The molecule has 1 amide bonds. The average molecular weight is 347 g/mol. The lowest BCUT2D eigenvalue weighted by Gasteiger charge is -2.07. The number of hydrogen-bond donors (Lipinski definition) is 1. The highest BCUT2D eigenvalue weighted by atomic mass is 32.2. The Morgan fingerprint density at radius 2 is 2.22 bits per heavy atom. The van der Waals surface area contributed by atoms with Gasteiger partial charge in [0, 0.05) is 5.92 Å². The number of amides is 1. The van der Waals surface area contributed by atoms with Gasteiger partial charge in [-0.05, 0) is 30.5 Å². The summed E-state index contributed by atoms with van der Waals surface area (Å²) in [5.41, 5.74) is 3.08. The van der Waals surface area contributed by atoms with Crippen LogP contribution in [0.4, 0.5) is 0 Å². The van der Waals surface area contributed by atoms with Gasteiger partial charge in [0.25, 0.3) is 5.91 Å². The molecule has 2 aromatic rings. The monoisotopic (exact) mass is 347 g/mol. The lowest BCUT2D eigenvalue weighted by atomic mass is 10.2. The van der Waals surface area contributed by atoms with Gasteiger partial charge in [-0.15, -0.1) is 11.3 Å². The lowest BCUT2D eigenvalue weighted by Crippen LogP contribution is -2.31. The molecule has 0 spiro atoms. The first-order chi connectivity index (χ1) is 11.0. The standard InChI is InChI=1S/C15H13N3O3S2/c16-7-10-2-1-3-11(6-10)8-23(20,21)18-15(19)14-13(12-4-5-12)17-9-22-14/h1-3,6,9,12H,4-5,8H2,(H,18,19). The molecule has 1 aromatic heterocycles. The Kier molecular flexibility index (Phi) is 4.15. The molecule has 23 heavy (non-hydrogen) atoms. The van der Waals surface area contributed by atoms with E-state index < -0.39 is 15.9 Å². The van der Waals surface area contributed by atoms with Crippen LogP contribution in [0, 0.1) is 11.3 Å². The van der Waals surface area contributed by atoms with Gasteiger partial charge in [0.1, 0.15) is 4.88 Å². The Labute approximate surface area is 137 Å². The van der Waals surface area contributed by atoms with E-state index in [0.29, 0.717) is 21.7 Å². The molecule has 8 heteroatoms. The highest BCUT2D eigenvalue weighted by molar-refractivity contribution is 7.89. The number of nitrogens with one attached hydrogen (secondary N) is 1. The summed E-state index contributed by atoms with van der Waals surface area (Å²) < 4.78 is 26.4. The number of rotatable bonds is 5. The molecule has 1 aliphatic carbocycles. The van der Waals surface area contributed by atoms with E-state index in [4.69, 9.17) is 5.26 Å². The number of nitriles is 1. The molecular formula is C15H13N3O3S2. The smallest absolute Gasteiger partial charge is 0.267 e. The molecule has 1 aliphatic rings. The van der Waals surface area contributed by atoms with Gasteiger partial charge in [-0.25, -0.2) is 18.1 Å². The van der Waals surface area contributed by atoms with Gasteiger partial charge in [0.15, 0.2) is 0 Å². The third-order valence-electron chi connectivity index (χ3n) is 3.43. The van der Waals surface area contributed by atoms with Crippen LogP contribution in [-0.2, 0) is 15.8 Å². The second-order valence-electron chi connectivity index (χ2n) is 5.34. The van der Waals surface area contributed by atoms with Gasteiger partial charge in [-0.3, -0.25) is 4.79 Å². The summed E-state index contributed by atoms with van der Waals surface area (Å²) in [4.78, 5) is 16.7. The summed E-state index contributed by atoms with van der Waals surface area (Å²) >= 11 is 1.15. The highest BCUT2D eigenvalue weighted by Crippen LogP contribution is 2.41. The van der Waals surface area contributed by atoms with E-state index in [-0.39, 0.29) is 11.7 Å². The first-order valence-corrected chi connectivity index (χ1v) is 9.49. The van der Waals surface area contributed by atoms with Gasteiger partial charge in [0.2, 0.25) is 10.0 Å². The second kappa shape index (κ2) is 6.10. The zero-order chi connectivity index (χ0) is 16.4. The maximum atomic E-state index is 12.2. The van der Waals surface area contributed by atoms with Crippen LogP contribution in [0.1, 0.15) is 45.3 Å². The number of aromatic nitrogens is 1. The molecule has 1 saturated carbocycles. The molecule has 1 N–H and O–H groups in total. The largest absolute Gasteiger partial charge is 0.276 e. The minimum atomic E-state index is -3.84. The van der Waals surface area contributed by atoms with Crippen LogP contribution >= 0.6 is 11.3 Å². The Hall–Kier alpha value is -2.24. The molecule has 3 rings (SSSR count). The third kappa shape index (κ3) is 3.75. The van der Waals surface area contributed by atoms with Crippen molar-refractivity contribution in [1.29, 1.82) is 5.26 Å². The average Bonchev–Trinajstić information content (AvgIpc) is 3.23. The van der Waals surface area contributed by atoms with Crippen molar-refractivity contribution in [3.05, 3.63) is 51.5 Å². The molecule has 1 fully saturated rings. The van der Waals surface area contributed by atoms with Gasteiger partial charge in [-0.1, -0.05) is 12.1 Å². The molecule has 1 heterocycles. The highest BCUT2D eigenvalue weighted by Gasteiger charge is 2.31. The first kappa shape index (κ1) is 15.6. The number of hydrogen-bond acceptors (Lipinski definition) is 6. The SMILES string of the molecule is N#Cc1cccc(CS(=O)(=O)NC(=O)c2scnc2C2CC2)c1. The van der Waals surface area contributed by atoms with E-state index in [1.165, 1.54) is 6.07 Å². The number of benzene rings is 1. The molecule has 0 atom stereocenters. The zero-order valence-corrected chi connectivity index (χ0v) is 13.7. The van der Waals surface area contributed by atoms with Crippen LogP contribution in [0.5, 0.6) is 0 Å². The second-order valence-corrected chi connectivity index (χ2v) is 7.92. The predicted octanol–water partition coefficient (Wildman–Crippen LogP) is 2.15. The number of thiazole rings is 1. The van der Waals surface area contributed by atoms with Crippen LogP contribution in [0.2, 0.25) is 0 Å². The fourth-order valence-corrected chi connectivity index (χ4v) is 4.16. The number of carbonyl (C=O) groups excluding carboxylic acids is 1. The van der Waals surface area contributed by atoms with Gasteiger partial charge in [0.05, 0.1) is 28.6 Å². The Morgan fingerprint density at radius 3 is 2.91 bits per heavy atom. The van der Waals surface area contributed by atoms with Crippen LogP contribution in [0.3, 0.4) is 0 Å². The summed E-state index contributed by atoms with van der Waals surface area (Å²) in [6, 6.07) is 8.25. The van der Waals surface area contributed by atoms with Crippen molar-refractivity contribution < 1.29 is 13.2 Å². The Morgan fingerprint density at radius 1 is 1.43 bits per heavy atom. The van der Waals surface area contributed by atoms with Crippen molar-refractivity contribution in [3.63, 3.8) is 0 Å². The van der Waals surface area contributed by atoms with Gasteiger partial charge >= 0.3 is 0 Å². The molecule has 0 aliphatic heterocycles. The summed E-state index contributed by atoms with van der Waals surface area (Å²) in [5, 5.41) is 8.84. The number of nitrogens with zero attached hydrogens (tertiary/aromatic N) is 2. The molecule has 0 bridgehead atoms. The topological polar surface area (TPSA) is 99.9 Å². The van der Waals surface area contributed by atoms with Crippen LogP contribution < -0.4 is 4.72 Å². The summed E-state index contributed by atoms with van der Waals surface area (Å²) in [5.74, 6) is -0.714. The van der Waals surface area contributed by atoms with Gasteiger partial charge < -0.3 is 0 Å². The quantitative estimate of drug-likeness (QED) is 0.893. The van der Waals surface area contributed by atoms with E-state index in [0.717, 1.165) is 24.2 Å². The number of sulfonamides is 1. The summed E-state index contributed by atoms with van der Waals surface area (Å²) in [7, 11) is -3.84. The van der Waals surface area contributed by atoms with E-state index in [2.05, 4.69) is 9.71 Å². The number of carbonyl (C=O) groups is 1. The minimum absolute atomic E-state index is 0.275. The molecule has 0 saturated heterocycles. The fraction of sp³-hybridized carbons (Fsp3) is 0.267. The molecule has 0 unspecified atom stereocenters. The van der Waals surface area contributed by atoms with Crippen LogP contribution in [-0.4, -0.2) is 19.3 Å². The lowest BCUT2D eigenvalue weighted by molar-refractivity contribution is 0.0984. The van der Waals surface area contributed by atoms with Crippen LogP contribution in [0.25, 0.3) is 0 Å². The predicted molar refractivity (Wildman–Crippen MR) is 85.3 cm³/mol. The molecule has 118 valence electrons. The van der Waals surface area contributed by atoms with Crippen molar-refractivity contribution >= 4 is 27.3 Å². The maximum absolute atomic E-state index is 12.2. The molecule has 6 nitrogen and oxygen atoms in total. The first-order valence-electron chi connectivity index (χ1n) is 6.96. The third-order valence-corrected chi connectivity index (χ3v) is 5.48. The van der Waals surface area contributed by atoms with Crippen molar-refractivity contribution in [2.24, 2.45) is 0 Å². The fourth-order valence-electron chi connectivity index (χ4n) is 2.25. The van der Waals surface area contributed by atoms with E-state index in [1.54, 1.807) is 23.7 Å². The maximum Gasteiger partial charge on any atom is 0.276 e.